The van der Waals surface area contributed by atoms with Gasteiger partial charge in [0, 0.05) is 25.8 Å². The Balaban J connectivity index is 1.67. The standard InChI is InChI=1S/C21H29N7O2S/c1-5-22-21(24-15-20-26-25-19-8-6-7-13-28(19)20)23-14-17-9-11-18(12-10-17)31(29,30)27(4)16(2)3/h6-13,16H,5,14-15H2,1-4H3,(H2,22,23,24). The number of benzene rings is 1. The fourth-order valence-electron chi connectivity index (χ4n) is 2.90. The summed E-state index contributed by atoms with van der Waals surface area (Å²) in [6.07, 6.45) is 1.92. The average molecular weight is 444 g/mol. The summed E-state index contributed by atoms with van der Waals surface area (Å²) in [5.41, 5.74) is 1.70. The largest absolute Gasteiger partial charge is 0.357 e. The van der Waals surface area contributed by atoms with Crippen LogP contribution in [0.15, 0.2) is 58.5 Å². The molecule has 31 heavy (non-hydrogen) atoms. The summed E-state index contributed by atoms with van der Waals surface area (Å²) in [5.74, 6) is 1.43. The number of hydrogen-bond acceptors (Lipinski definition) is 5. The smallest absolute Gasteiger partial charge is 0.243 e. The maximum Gasteiger partial charge on any atom is 0.243 e. The molecule has 2 N–H and O–H groups in total. The van der Waals surface area contributed by atoms with Crippen LogP contribution in [0.25, 0.3) is 5.65 Å². The molecule has 0 aliphatic rings. The molecular weight excluding hydrogens is 414 g/mol. The summed E-state index contributed by atoms with van der Waals surface area (Å²) in [6.45, 7) is 7.28. The number of sulfonamides is 1. The van der Waals surface area contributed by atoms with Crippen LogP contribution in [-0.2, 0) is 23.1 Å². The molecule has 0 bridgehead atoms. The van der Waals surface area contributed by atoms with Gasteiger partial charge in [0.2, 0.25) is 10.0 Å². The Labute approximate surface area is 183 Å². The molecule has 0 saturated carbocycles. The van der Waals surface area contributed by atoms with Gasteiger partial charge in [-0.3, -0.25) is 4.40 Å². The minimum Gasteiger partial charge on any atom is -0.357 e. The van der Waals surface area contributed by atoms with Crippen molar-refractivity contribution in [2.75, 3.05) is 13.6 Å². The van der Waals surface area contributed by atoms with Crippen LogP contribution in [0, 0.1) is 0 Å². The second kappa shape index (κ2) is 9.88. The minimum atomic E-state index is -3.49. The van der Waals surface area contributed by atoms with E-state index in [1.165, 1.54) is 4.31 Å². The van der Waals surface area contributed by atoms with E-state index in [0.29, 0.717) is 25.6 Å². The monoisotopic (exact) mass is 443 g/mol. The molecule has 2 aromatic heterocycles. The van der Waals surface area contributed by atoms with E-state index in [2.05, 4.69) is 25.8 Å². The molecule has 2 heterocycles. The van der Waals surface area contributed by atoms with Crippen molar-refractivity contribution in [1.82, 2.24) is 29.5 Å². The fourth-order valence-corrected chi connectivity index (χ4v) is 4.26. The SMILES string of the molecule is CCNC(=NCc1ccc(S(=O)(=O)N(C)C(C)C)cc1)NCc1nnc2ccccn12. The fraction of sp³-hybridized carbons (Fsp3) is 0.381. The molecular formula is C21H29N7O2S. The Morgan fingerprint density at radius 1 is 1.13 bits per heavy atom. The van der Waals surface area contributed by atoms with Gasteiger partial charge >= 0.3 is 0 Å². The van der Waals surface area contributed by atoms with E-state index in [1.54, 1.807) is 31.3 Å². The van der Waals surface area contributed by atoms with Crippen molar-refractivity contribution in [2.24, 2.45) is 4.99 Å². The van der Waals surface area contributed by atoms with Gasteiger partial charge in [0.15, 0.2) is 17.4 Å². The number of hydrogen-bond donors (Lipinski definition) is 2. The molecule has 0 aliphatic carbocycles. The van der Waals surface area contributed by atoms with Crippen LogP contribution in [0.3, 0.4) is 0 Å². The van der Waals surface area contributed by atoms with Gasteiger partial charge in [-0.2, -0.15) is 4.31 Å². The van der Waals surface area contributed by atoms with E-state index in [0.717, 1.165) is 17.0 Å². The Kier molecular flexibility index (Phi) is 7.24. The van der Waals surface area contributed by atoms with Gasteiger partial charge in [-0.25, -0.2) is 13.4 Å². The first-order valence-corrected chi connectivity index (χ1v) is 11.6. The van der Waals surface area contributed by atoms with Crippen molar-refractivity contribution in [3.63, 3.8) is 0 Å². The van der Waals surface area contributed by atoms with Gasteiger partial charge in [-0.15, -0.1) is 10.2 Å². The second-order valence-corrected chi connectivity index (χ2v) is 9.35. The first-order valence-electron chi connectivity index (χ1n) is 10.2. The lowest BCUT2D eigenvalue weighted by molar-refractivity contribution is 0.410. The molecule has 3 rings (SSSR count). The molecule has 166 valence electrons. The maximum atomic E-state index is 12.6. The van der Waals surface area contributed by atoms with Crippen LogP contribution in [0.1, 0.15) is 32.2 Å². The van der Waals surface area contributed by atoms with Gasteiger partial charge in [0.1, 0.15) is 0 Å². The number of aliphatic imine (C=N–C) groups is 1. The Morgan fingerprint density at radius 2 is 1.87 bits per heavy atom. The van der Waals surface area contributed by atoms with Crippen molar-refractivity contribution in [3.8, 4) is 0 Å². The summed E-state index contributed by atoms with van der Waals surface area (Å²) in [5, 5.41) is 14.8. The predicted octanol–water partition coefficient (Wildman–Crippen LogP) is 2.01. The zero-order valence-corrected chi connectivity index (χ0v) is 19.1. The normalized spacial score (nSPS) is 12.6. The van der Waals surface area contributed by atoms with E-state index in [-0.39, 0.29) is 10.9 Å². The van der Waals surface area contributed by atoms with Gasteiger partial charge < -0.3 is 10.6 Å². The summed E-state index contributed by atoms with van der Waals surface area (Å²) < 4.78 is 28.5. The van der Waals surface area contributed by atoms with Crippen molar-refractivity contribution in [3.05, 3.63) is 60.0 Å². The molecule has 0 atom stereocenters. The molecule has 0 saturated heterocycles. The van der Waals surface area contributed by atoms with E-state index in [9.17, 15) is 8.42 Å². The number of rotatable bonds is 8. The zero-order valence-electron chi connectivity index (χ0n) is 18.3. The quantitative estimate of drug-likeness (QED) is 0.408. The van der Waals surface area contributed by atoms with E-state index in [1.807, 2.05) is 49.6 Å². The third-order valence-electron chi connectivity index (χ3n) is 4.89. The summed E-state index contributed by atoms with van der Waals surface area (Å²) >= 11 is 0. The topological polar surface area (TPSA) is 104 Å². The molecule has 0 amide bonds. The van der Waals surface area contributed by atoms with Crippen molar-refractivity contribution in [2.45, 2.75) is 44.8 Å². The Morgan fingerprint density at radius 3 is 2.55 bits per heavy atom. The number of nitrogens with zero attached hydrogens (tertiary/aromatic N) is 5. The predicted molar refractivity (Wildman–Crippen MR) is 121 cm³/mol. The molecule has 10 heteroatoms. The molecule has 9 nitrogen and oxygen atoms in total. The summed E-state index contributed by atoms with van der Waals surface area (Å²) in [4.78, 5) is 4.87. The highest BCUT2D eigenvalue weighted by Crippen LogP contribution is 2.17. The molecule has 0 fully saturated rings. The van der Waals surface area contributed by atoms with Gasteiger partial charge in [-0.1, -0.05) is 18.2 Å². The van der Waals surface area contributed by atoms with Gasteiger partial charge in [0.25, 0.3) is 0 Å². The zero-order chi connectivity index (χ0) is 22.4. The van der Waals surface area contributed by atoms with Crippen LogP contribution in [0.4, 0.5) is 0 Å². The van der Waals surface area contributed by atoms with Crippen LogP contribution in [-0.4, -0.2) is 52.9 Å². The van der Waals surface area contributed by atoms with Crippen molar-refractivity contribution in [1.29, 1.82) is 0 Å². The molecule has 0 radical (unpaired) electrons. The number of nitrogens with one attached hydrogen (secondary N) is 2. The molecule has 0 spiro atoms. The van der Waals surface area contributed by atoms with Gasteiger partial charge in [-0.05, 0) is 50.6 Å². The highest BCUT2D eigenvalue weighted by molar-refractivity contribution is 7.89. The minimum absolute atomic E-state index is 0.106. The first kappa shape index (κ1) is 22.7. The number of aromatic nitrogens is 3. The average Bonchev–Trinajstić information content (AvgIpc) is 3.18. The van der Waals surface area contributed by atoms with Crippen LogP contribution >= 0.6 is 0 Å². The van der Waals surface area contributed by atoms with Crippen molar-refractivity contribution >= 4 is 21.6 Å². The number of guanidine groups is 1. The highest BCUT2D eigenvalue weighted by atomic mass is 32.2. The van der Waals surface area contributed by atoms with Crippen LogP contribution < -0.4 is 10.6 Å². The Bertz CT molecular complexity index is 1140. The lowest BCUT2D eigenvalue weighted by Crippen LogP contribution is -2.37. The van der Waals surface area contributed by atoms with Crippen LogP contribution in [0.2, 0.25) is 0 Å². The lowest BCUT2D eigenvalue weighted by Gasteiger charge is -2.21. The van der Waals surface area contributed by atoms with Gasteiger partial charge in [0.05, 0.1) is 18.0 Å². The molecule has 1 aromatic carbocycles. The molecule has 0 aliphatic heterocycles. The summed E-state index contributed by atoms with van der Waals surface area (Å²) in [7, 11) is -1.90. The Hall–Kier alpha value is -2.98. The molecule has 3 aromatic rings. The second-order valence-electron chi connectivity index (χ2n) is 7.35. The van der Waals surface area contributed by atoms with E-state index < -0.39 is 10.0 Å². The van der Waals surface area contributed by atoms with E-state index >= 15 is 0 Å². The number of fused-ring (bicyclic) bond motifs is 1. The number of pyridine rings is 1. The third-order valence-corrected chi connectivity index (χ3v) is 6.94. The first-order chi connectivity index (χ1) is 14.8. The van der Waals surface area contributed by atoms with E-state index in [4.69, 9.17) is 0 Å². The van der Waals surface area contributed by atoms with Crippen LogP contribution in [0.5, 0.6) is 0 Å². The van der Waals surface area contributed by atoms with Crippen molar-refractivity contribution < 1.29 is 8.42 Å². The maximum absolute atomic E-state index is 12.6. The third kappa shape index (κ3) is 5.39. The summed E-state index contributed by atoms with van der Waals surface area (Å²) in [6, 6.07) is 12.5. The molecule has 0 unspecified atom stereocenters. The lowest BCUT2D eigenvalue weighted by atomic mass is 10.2. The highest BCUT2D eigenvalue weighted by Gasteiger charge is 2.22.